The topological polar surface area (TPSA) is 0 Å². The van der Waals surface area contributed by atoms with Gasteiger partial charge in [-0.2, -0.15) is 0 Å². The fourth-order valence-electron chi connectivity index (χ4n) is 7.39. The van der Waals surface area contributed by atoms with Gasteiger partial charge in [-0.15, -0.1) is 0 Å². The number of alkyl halides is 2. The minimum Gasteiger partial charge on any atom is -0.251 e. The molecular formula is C28H50F2. The molecule has 0 heterocycles. The van der Waals surface area contributed by atoms with Crippen molar-refractivity contribution in [3.63, 3.8) is 0 Å². The number of rotatable bonds is 12. The molecule has 0 saturated heterocycles. The summed E-state index contributed by atoms with van der Waals surface area (Å²) in [7, 11) is 0. The van der Waals surface area contributed by atoms with Crippen LogP contribution in [0.1, 0.15) is 128 Å². The summed E-state index contributed by atoms with van der Waals surface area (Å²) in [6, 6.07) is 0. The van der Waals surface area contributed by atoms with Crippen molar-refractivity contribution in [2.75, 3.05) is 13.3 Å². The van der Waals surface area contributed by atoms with E-state index in [0.717, 1.165) is 61.2 Å². The van der Waals surface area contributed by atoms with Crippen LogP contribution in [-0.4, -0.2) is 13.3 Å². The van der Waals surface area contributed by atoms with Crippen molar-refractivity contribution in [3.05, 3.63) is 0 Å². The van der Waals surface area contributed by atoms with Crippen LogP contribution >= 0.6 is 0 Å². The second-order valence-electron chi connectivity index (χ2n) is 11.3. The van der Waals surface area contributed by atoms with E-state index in [0.29, 0.717) is 0 Å². The summed E-state index contributed by atoms with van der Waals surface area (Å²) in [5, 5.41) is 0. The van der Waals surface area contributed by atoms with Gasteiger partial charge in [-0.1, -0.05) is 64.2 Å². The summed E-state index contributed by atoms with van der Waals surface area (Å²) in [4.78, 5) is 0. The Bertz CT molecular complexity index is 372. The molecule has 3 aliphatic rings. The van der Waals surface area contributed by atoms with Crippen LogP contribution in [0, 0.1) is 35.5 Å². The SMILES string of the molecule is FCCCCCC1CCC(C2CCC(C3CCC(CCCCCF)CC3)CC2)CC1. The van der Waals surface area contributed by atoms with E-state index >= 15 is 0 Å². The number of unbranched alkanes of at least 4 members (excludes halogenated alkanes) is 4. The van der Waals surface area contributed by atoms with E-state index in [1.54, 1.807) is 0 Å². The maximum Gasteiger partial charge on any atom is 0.0894 e. The van der Waals surface area contributed by atoms with Crippen molar-refractivity contribution in [1.29, 1.82) is 0 Å². The summed E-state index contributed by atoms with van der Waals surface area (Å²) < 4.78 is 24.5. The van der Waals surface area contributed by atoms with Gasteiger partial charge in [-0.3, -0.25) is 8.78 Å². The third kappa shape index (κ3) is 8.09. The van der Waals surface area contributed by atoms with Crippen LogP contribution in [0.25, 0.3) is 0 Å². The highest BCUT2D eigenvalue weighted by Gasteiger charge is 2.34. The molecule has 0 radical (unpaired) electrons. The van der Waals surface area contributed by atoms with E-state index in [2.05, 4.69) is 0 Å². The Hall–Kier alpha value is -0.140. The number of halogens is 2. The average Bonchev–Trinajstić information content (AvgIpc) is 2.81. The van der Waals surface area contributed by atoms with Crippen molar-refractivity contribution in [2.24, 2.45) is 35.5 Å². The van der Waals surface area contributed by atoms with Crippen LogP contribution in [0.5, 0.6) is 0 Å². The zero-order valence-electron chi connectivity index (χ0n) is 19.8. The second kappa shape index (κ2) is 14.1. The van der Waals surface area contributed by atoms with Gasteiger partial charge in [0.2, 0.25) is 0 Å². The zero-order chi connectivity index (χ0) is 21.0. The van der Waals surface area contributed by atoms with E-state index in [-0.39, 0.29) is 13.3 Å². The third-order valence-electron chi connectivity index (χ3n) is 9.42. The first kappa shape index (κ1) is 24.5. The smallest absolute Gasteiger partial charge is 0.0894 e. The highest BCUT2D eigenvalue weighted by atomic mass is 19.1. The van der Waals surface area contributed by atoms with Crippen LogP contribution in [-0.2, 0) is 0 Å². The molecule has 30 heavy (non-hydrogen) atoms. The summed E-state index contributed by atoms with van der Waals surface area (Å²) in [5.74, 6) is 6.00. The lowest BCUT2D eigenvalue weighted by Crippen LogP contribution is -2.29. The lowest BCUT2D eigenvalue weighted by molar-refractivity contribution is 0.102. The van der Waals surface area contributed by atoms with Crippen LogP contribution in [0.2, 0.25) is 0 Å². The molecule has 3 fully saturated rings. The Kier molecular flexibility index (Phi) is 11.5. The van der Waals surface area contributed by atoms with E-state index in [1.807, 2.05) is 0 Å². The van der Waals surface area contributed by atoms with Gasteiger partial charge in [0.15, 0.2) is 0 Å². The van der Waals surface area contributed by atoms with Crippen molar-refractivity contribution in [3.8, 4) is 0 Å². The van der Waals surface area contributed by atoms with Gasteiger partial charge in [0, 0.05) is 0 Å². The summed E-state index contributed by atoms with van der Waals surface area (Å²) in [6.45, 7) is -0.253. The molecule has 0 aromatic heterocycles. The summed E-state index contributed by atoms with van der Waals surface area (Å²) in [5.41, 5.74) is 0. The van der Waals surface area contributed by atoms with Crippen LogP contribution in [0.15, 0.2) is 0 Å². The van der Waals surface area contributed by atoms with Crippen molar-refractivity contribution >= 4 is 0 Å². The Labute approximate surface area is 186 Å². The first-order valence-electron chi connectivity index (χ1n) is 13.9. The third-order valence-corrected chi connectivity index (χ3v) is 9.42. The fraction of sp³-hybridized carbons (Fsp3) is 1.00. The molecule has 0 spiro atoms. The molecule has 0 unspecified atom stereocenters. The van der Waals surface area contributed by atoms with Crippen molar-refractivity contribution < 1.29 is 8.78 Å². The minimum absolute atomic E-state index is 0.127. The van der Waals surface area contributed by atoms with Gasteiger partial charge in [-0.05, 0) is 99.7 Å². The molecule has 3 saturated carbocycles. The van der Waals surface area contributed by atoms with E-state index < -0.39 is 0 Å². The molecule has 0 nitrogen and oxygen atoms in total. The monoisotopic (exact) mass is 424 g/mol. The van der Waals surface area contributed by atoms with Crippen molar-refractivity contribution in [2.45, 2.75) is 128 Å². The Morgan fingerprint density at radius 2 is 0.667 bits per heavy atom. The highest BCUT2D eigenvalue weighted by Crippen LogP contribution is 2.46. The Balaban J connectivity index is 1.26. The molecule has 0 N–H and O–H groups in total. The first-order valence-corrected chi connectivity index (χ1v) is 13.9. The quantitative estimate of drug-likeness (QED) is 0.274. The predicted molar refractivity (Wildman–Crippen MR) is 125 cm³/mol. The standard InChI is InChI=1S/C28H50F2/c29-21-5-1-3-7-23-9-13-25(14-10-23)27-17-19-28(20-18-27)26-15-11-24(12-16-26)8-4-2-6-22-30/h23-28H,1-22H2. The molecular weight excluding hydrogens is 374 g/mol. The van der Waals surface area contributed by atoms with Crippen LogP contribution in [0.3, 0.4) is 0 Å². The molecule has 3 aliphatic carbocycles. The molecule has 176 valence electrons. The maximum atomic E-state index is 12.2. The van der Waals surface area contributed by atoms with Crippen LogP contribution in [0.4, 0.5) is 8.78 Å². The molecule has 0 aromatic rings. The van der Waals surface area contributed by atoms with E-state index in [1.165, 1.54) is 103 Å². The number of hydrogen-bond donors (Lipinski definition) is 0. The fourth-order valence-corrected chi connectivity index (χ4v) is 7.39. The normalized spacial score (nSPS) is 35.4. The van der Waals surface area contributed by atoms with Gasteiger partial charge in [0.05, 0.1) is 13.3 Å². The molecule has 0 aromatic carbocycles. The zero-order valence-corrected chi connectivity index (χ0v) is 19.8. The van der Waals surface area contributed by atoms with Gasteiger partial charge in [0.1, 0.15) is 0 Å². The van der Waals surface area contributed by atoms with Crippen molar-refractivity contribution in [1.82, 2.24) is 0 Å². The summed E-state index contributed by atoms with van der Waals surface area (Å²) in [6.07, 6.45) is 26.8. The first-order chi connectivity index (χ1) is 14.8. The van der Waals surface area contributed by atoms with Gasteiger partial charge < -0.3 is 0 Å². The molecule has 0 atom stereocenters. The largest absolute Gasteiger partial charge is 0.251 e. The van der Waals surface area contributed by atoms with E-state index in [4.69, 9.17) is 0 Å². The lowest BCUT2D eigenvalue weighted by atomic mass is 9.64. The second-order valence-corrected chi connectivity index (χ2v) is 11.3. The lowest BCUT2D eigenvalue weighted by Gasteiger charge is -2.41. The minimum atomic E-state index is -0.127. The van der Waals surface area contributed by atoms with Gasteiger partial charge in [0.25, 0.3) is 0 Å². The van der Waals surface area contributed by atoms with Gasteiger partial charge in [-0.25, -0.2) is 0 Å². The molecule has 3 rings (SSSR count). The number of hydrogen-bond acceptors (Lipinski definition) is 0. The van der Waals surface area contributed by atoms with Gasteiger partial charge >= 0.3 is 0 Å². The molecule has 0 amide bonds. The Morgan fingerprint density at radius 1 is 0.367 bits per heavy atom. The molecule has 2 heteroatoms. The molecule has 0 aliphatic heterocycles. The van der Waals surface area contributed by atoms with Crippen LogP contribution < -0.4 is 0 Å². The maximum absolute atomic E-state index is 12.2. The predicted octanol–water partition coefficient (Wildman–Crippen LogP) is 9.47. The van der Waals surface area contributed by atoms with E-state index in [9.17, 15) is 8.78 Å². The summed E-state index contributed by atoms with van der Waals surface area (Å²) >= 11 is 0. The highest BCUT2D eigenvalue weighted by molar-refractivity contribution is 4.86. The average molecular weight is 425 g/mol. The Morgan fingerprint density at radius 3 is 0.967 bits per heavy atom. The molecule has 0 bridgehead atoms.